The number of rotatable bonds is 5. The van der Waals surface area contributed by atoms with Gasteiger partial charge in [0.05, 0.1) is 12.6 Å². The third-order valence-electron chi connectivity index (χ3n) is 3.95. The third-order valence-corrected chi connectivity index (χ3v) is 3.95. The fourth-order valence-electron chi connectivity index (χ4n) is 2.47. The van der Waals surface area contributed by atoms with Gasteiger partial charge in [-0.3, -0.25) is 4.98 Å². The summed E-state index contributed by atoms with van der Waals surface area (Å²) in [5, 5.41) is 5.97. The molecule has 5 heteroatoms. The molecule has 2 amide bonds. The van der Waals surface area contributed by atoms with Crippen LogP contribution in [0, 0.1) is 0 Å². The quantitative estimate of drug-likeness (QED) is 0.891. The molecule has 0 aliphatic heterocycles. The summed E-state index contributed by atoms with van der Waals surface area (Å²) in [5.41, 5.74) is 1.92. The summed E-state index contributed by atoms with van der Waals surface area (Å²) >= 11 is 0. The van der Waals surface area contributed by atoms with E-state index in [1.165, 1.54) is 0 Å². The molecule has 0 unspecified atom stereocenters. The lowest BCUT2D eigenvalue weighted by molar-refractivity contribution is 0.235. The summed E-state index contributed by atoms with van der Waals surface area (Å²) < 4.78 is 5.17. The number of methoxy groups -OCH3 is 1. The topological polar surface area (TPSA) is 63.2 Å². The van der Waals surface area contributed by atoms with Gasteiger partial charge in [-0.1, -0.05) is 12.1 Å². The van der Waals surface area contributed by atoms with Gasteiger partial charge in [0.1, 0.15) is 5.75 Å². The van der Waals surface area contributed by atoms with Crippen LogP contribution in [0.1, 0.15) is 24.0 Å². The molecule has 1 heterocycles. The Morgan fingerprint density at radius 3 is 2.45 bits per heavy atom. The van der Waals surface area contributed by atoms with Crippen molar-refractivity contribution in [2.24, 2.45) is 0 Å². The fraction of sp³-hybridized carbons (Fsp3) is 0.294. The van der Waals surface area contributed by atoms with Crippen molar-refractivity contribution in [2.45, 2.75) is 24.9 Å². The summed E-state index contributed by atoms with van der Waals surface area (Å²) in [7, 11) is 1.65. The fourth-order valence-corrected chi connectivity index (χ4v) is 2.47. The molecule has 22 heavy (non-hydrogen) atoms. The Bertz CT molecular complexity index is 637. The van der Waals surface area contributed by atoms with E-state index < -0.39 is 0 Å². The van der Waals surface area contributed by atoms with Crippen LogP contribution in [0.15, 0.2) is 48.8 Å². The van der Waals surface area contributed by atoms with Crippen molar-refractivity contribution in [1.29, 1.82) is 0 Å². The maximum absolute atomic E-state index is 12.1. The molecular formula is C17H19N3O2. The molecule has 1 aliphatic carbocycles. The molecule has 0 bridgehead atoms. The van der Waals surface area contributed by atoms with Crippen molar-refractivity contribution in [2.75, 3.05) is 7.11 Å². The molecular weight excluding hydrogens is 278 g/mol. The second-order valence-electron chi connectivity index (χ2n) is 5.47. The summed E-state index contributed by atoms with van der Waals surface area (Å²) in [5.74, 6) is 0.821. The van der Waals surface area contributed by atoms with Crippen LogP contribution in [-0.4, -0.2) is 18.1 Å². The summed E-state index contributed by atoms with van der Waals surface area (Å²) in [4.78, 5) is 16.1. The number of carbonyl (C=O) groups is 1. The molecule has 114 valence electrons. The van der Waals surface area contributed by atoms with Gasteiger partial charge in [0, 0.05) is 18.9 Å². The minimum atomic E-state index is -0.228. The molecule has 5 nitrogen and oxygen atoms in total. The standard InChI is InChI=1S/C17H19N3O2/c1-22-15-4-2-14(3-5-15)17(8-9-17)20-16(21)19-12-13-6-10-18-11-7-13/h2-7,10-11H,8-9,12H2,1H3,(H2,19,20,21). The third kappa shape index (κ3) is 3.19. The smallest absolute Gasteiger partial charge is 0.315 e. The van der Waals surface area contributed by atoms with Crippen LogP contribution in [0.2, 0.25) is 0 Å². The number of urea groups is 1. The molecule has 0 radical (unpaired) electrons. The van der Waals surface area contributed by atoms with E-state index in [4.69, 9.17) is 4.74 Å². The van der Waals surface area contributed by atoms with Gasteiger partial charge in [-0.05, 0) is 48.2 Å². The number of nitrogens with one attached hydrogen (secondary N) is 2. The van der Waals surface area contributed by atoms with Gasteiger partial charge in [-0.15, -0.1) is 0 Å². The first-order valence-corrected chi connectivity index (χ1v) is 7.31. The average molecular weight is 297 g/mol. The number of pyridine rings is 1. The first-order chi connectivity index (χ1) is 10.7. The zero-order valence-electron chi connectivity index (χ0n) is 12.5. The van der Waals surface area contributed by atoms with Crippen LogP contribution in [0.5, 0.6) is 5.75 Å². The average Bonchev–Trinajstić information content (AvgIpc) is 3.35. The Morgan fingerprint density at radius 1 is 1.18 bits per heavy atom. The number of ether oxygens (including phenoxy) is 1. The van der Waals surface area contributed by atoms with Gasteiger partial charge in [0.25, 0.3) is 0 Å². The number of hydrogen-bond acceptors (Lipinski definition) is 3. The van der Waals surface area contributed by atoms with Crippen LogP contribution in [0.3, 0.4) is 0 Å². The van der Waals surface area contributed by atoms with Crippen LogP contribution >= 0.6 is 0 Å². The Morgan fingerprint density at radius 2 is 1.86 bits per heavy atom. The number of nitrogens with zero attached hydrogens (tertiary/aromatic N) is 1. The van der Waals surface area contributed by atoms with Crippen molar-refractivity contribution in [1.82, 2.24) is 15.6 Å². The minimum absolute atomic E-state index is 0.148. The summed E-state index contributed by atoms with van der Waals surface area (Å²) in [6.07, 6.45) is 5.35. The lowest BCUT2D eigenvalue weighted by Gasteiger charge is -2.19. The zero-order valence-corrected chi connectivity index (χ0v) is 12.5. The first-order valence-electron chi connectivity index (χ1n) is 7.31. The number of hydrogen-bond donors (Lipinski definition) is 2. The number of aromatic nitrogens is 1. The minimum Gasteiger partial charge on any atom is -0.497 e. The summed E-state index contributed by atoms with van der Waals surface area (Å²) in [6.45, 7) is 0.493. The predicted molar refractivity (Wildman–Crippen MR) is 83.5 cm³/mol. The Kier molecular flexibility index (Phi) is 3.96. The second-order valence-corrected chi connectivity index (χ2v) is 5.47. The molecule has 3 rings (SSSR count). The van der Waals surface area contributed by atoms with Crippen LogP contribution in [0.25, 0.3) is 0 Å². The van der Waals surface area contributed by atoms with Gasteiger partial charge >= 0.3 is 6.03 Å². The van der Waals surface area contributed by atoms with Crippen LogP contribution in [-0.2, 0) is 12.1 Å². The predicted octanol–water partition coefficient (Wildman–Crippen LogP) is 2.58. The molecule has 1 aliphatic rings. The second kappa shape index (κ2) is 6.05. The van der Waals surface area contributed by atoms with Crippen molar-refractivity contribution >= 4 is 6.03 Å². The normalized spacial score (nSPS) is 15.0. The van der Waals surface area contributed by atoms with Crippen molar-refractivity contribution < 1.29 is 9.53 Å². The molecule has 1 aromatic carbocycles. The Labute approximate surface area is 129 Å². The summed E-state index contributed by atoms with van der Waals surface area (Å²) in [6, 6.07) is 11.5. The number of amides is 2. The van der Waals surface area contributed by atoms with E-state index in [1.807, 2.05) is 36.4 Å². The molecule has 0 atom stereocenters. The molecule has 2 N–H and O–H groups in total. The van der Waals surface area contributed by atoms with E-state index >= 15 is 0 Å². The maximum atomic E-state index is 12.1. The van der Waals surface area contributed by atoms with Gasteiger partial charge in [0.2, 0.25) is 0 Å². The van der Waals surface area contributed by atoms with Gasteiger partial charge in [-0.25, -0.2) is 4.79 Å². The monoisotopic (exact) mass is 297 g/mol. The lowest BCUT2D eigenvalue weighted by atomic mass is 10.1. The van der Waals surface area contributed by atoms with Crippen LogP contribution < -0.4 is 15.4 Å². The molecule has 0 saturated heterocycles. The van der Waals surface area contributed by atoms with Gasteiger partial charge in [0.15, 0.2) is 0 Å². The van der Waals surface area contributed by atoms with Gasteiger partial charge in [-0.2, -0.15) is 0 Å². The Hall–Kier alpha value is -2.56. The van der Waals surface area contributed by atoms with Crippen LogP contribution in [0.4, 0.5) is 4.79 Å². The SMILES string of the molecule is COc1ccc(C2(NC(=O)NCc3ccncc3)CC2)cc1. The number of benzene rings is 1. The van der Waals surface area contributed by atoms with E-state index in [-0.39, 0.29) is 11.6 Å². The van der Waals surface area contributed by atoms with E-state index in [2.05, 4.69) is 15.6 Å². The maximum Gasteiger partial charge on any atom is 0.315 e. The highest BCUT2D eigenvalue weighted by Gasteiger charge is 2.45. The lowest BCUT2D eigenvalue weighted by Crippen LogP contribution is -2.41. The van der Waals surface area contributed by atoms with Gasteiger partial charge < -0.3 is 15.4 Å². The van der Waals surface area contributed by atoms with E-state index in [1.54, 1.807) is 19.5 Å². The first kappa shape index (κ1) is 14.4. The highest BCUT2D eigenvalue weighted by molar-refractivity contribution is 5.75. The van der Waals surface area contributed by atoms with Crippen molar-refractivity contribution in [3.05, 3.63) is 59.9 Å². The molecule has 1 aromatic heterocycles. The largest absolute Gasteiger partial charge is 0.497 e. The molecule has 0 spiro atoms. The van der Waals surface area contributed by atoms with E-state index in [9.17, 15) is 4.79 Å². The van der Waals surface area contributed by atoms with E-state index in [0.29, 0.717) is 6.54 Å². The molecule has 1 fully saturated rings. The highest BCUT2D eigenvalue weighted by atomic mass is 16.5. The van der Waals surface area contributed by atoms with Crippen molar-refractivity contribution in [3.8, 4) is 5.75 Å². The zero-order chi connectivity index (χ0) is 15.4. The van der Waals surface area contributed by atoms with Crippen molar-refractivity contribution in [3.63, 3.8) is 0 Å². The Balaban J connectivity index is 1.58. The molecule has 2 aromatic rings. The molecule has 1 saturated carbocycles. The van der Waals surface area contributed by atoms with E-state index in [0.717, 1.165) is 29.7 Å². The number of carbonyl (C=O) groups excluding carboxylic acids is 1. The highest BCUT2D eigenvalue weighted by Crippen LogP contribution is 2.45.